The summed E-state index contributed by atoms with van der Waals surface area (Å²) >= 11 is 1.28. The van der Waals surface area contributed by atoms with Crippen molar-refractivity contribution < 1.29 is 14.7 Å². The number of nitrogens with zero attached hydrogens (tertiary/aromatic N) is 1. The SMILES string of the molecule is Cc1cccc(C)c1NC(=O)Cc1nc(C)c(CC(=O)O)s1. The van der Waals surface area contributed by atoms with Crippen LogP contribution in [0, 0.1) is 20.8 Å². The van der Waals surface area contributed by atoms with Gasteiger partial charge in [0.15, 0.2) is 0 Å². The fourth-order valence-corrected chi connectivity index (χ4v) is 3.26. The van der Waals surface area contributed by atoms with E-state index in [-0.39, 0.29) is 18.7 Å². The molecule has 22 heavy (non-hydrogen) atoms. The fourth-order valence-electron chi connectivity index (χ4n) is 2.20. The quantitative estimate of drug-likeness (QED) is 0.888. The second-order valence-electron chi connectivity index (χ2n) is 5.18. The minimum absolute atomic E-state index is 0.0536. The first-order valence-corrected chi connectivity index (χ1v) is 7.71. The smallest absolute Gasteiger partial charge is 0.308 e. The van der Waals surface area contributed by atoms with E-state index in [0.717, 1.165) is 16.8 Å². The van der Waals surface area contributed by atoms with Crippen molar-refractivity contribution in [2.24, 2.45) is 0 Å². The Kier molecular flexibility index (Phi) is 4.92. The Labute approximate surface area is 133 Å². The summed E-state index contributed by atoms with van der Waals surface area (Å²) in [5.41, 5.74) is 3.53. The highest BCUT2D eigenvalue weighted by Gasteiger charge is 2.14. The average molecular weight is 318 g/mol. The van der Waals surface area contributed by atoms with Gasteiger partial charge in [0.05, 0.1) is 18.5 Å². The van der Waals surface area contributed by atoms with Gasteiger partial charge in [-0.3, -0.25) is 9.59 Å². The molecule has 0 aliphatic carbocycles. The van der Waals surface area contributed by atoms with E-state index in [2.05, 4.69) is 10.3 Å². The number of carboxylic acids is 1. The molecule has 2 aromatic rings. The number of aromatic nitrogens is 1. The van der Waals surface area contributed by atoms with Crippen molar-refractivity contribution in [3.8, 4) is 0 Å². The van der Waals surface area contributed by atoms with E-state index in [1.165, 1.54) is 11.3 Å². The summed E-state index contributed by atoms with van der Waals surface area (Å²) in [5, 5.41) is 12.4. The Balaban J connectivity index is 2.08. The normalized spacial score (nSPS) is 10.5. The molecule has 0 bridgehead atoms. The number of benzene rings is 1. The van der Waals surface area contributed by atoms with Crippen LogP contribution in [0.5, 0.6) is 0 Å². The maximum atomic E-state index is 12.2. The Bertz CT molecular complexity index is 702. The molecule has 6 heteroatoms. The van der Waals surface area contributed by atoms with Crippen molar-refractivity contribution in [1.29, 1.82) is 0 Å². The molecule has 0 aliphatic heterocycles. The van der Waals surface area contributed by atoms with Gasteiger partial charge in [-0.05, 0) is 31.9 Å². The van der Waals surface area contributed by atoms with Crippen LogP contribution >= 0.6 is 11.3 Å². The van der Waals surface area contributed by atoms with Crippen molar-refractivity contribution in [3.05, 3.63) is 44.9 Å². The average Bonchev–Trinajstić information content (AvgIpc) is 2.73. The molecular formula is C16H18N2O3S. The third-order valence-corrected chi connectivity index (χ3v) is 4.46. The lowest BCUT2D eigenvalue weighted by Crippen LogP contribution is -2.15. The number of aryl methyl sites for hydroxylation is 3. The van der Waals surface area contributed by atoms with E-state index in [1.54, 1.807) is 6.92 Å². The number of amides is 1. The van der Waals surface area contributed by atoms with Crippen molar-refractivity contribution in [3.63, 3.8) is 0 Å². The number of carbonyl (C=O) groups excluding carboxylic acids is 1. The third-order valence-electron chi connectivity index (χ3n) is 3.31. The zero-order valence-electron chi connectivity index (χ0n) is 12.8. The summed E-state index contributed by atoms with van der Waals surface area (Å²) in [6.07, 6.45) is 0.0981. The summed E-state index contributed by atoms with van der Waals surface area (Å²) in [7, 11) is 0. The Morgan fingerprint density at radius 2 is 1.82 bits per heavy atom. The number of nitrogens with one attached hydrogen (secondary N) is 1. The molecule has 0 fully saturated rings. The molecule has 2 N–H and O–H groups in total. The highest BCUT2D eigenvalue weighted by atomic mass is 32.1. The van der Waals surface area contributed by atoms with Gasteiger partial charge in [-0.1, -0.05) is 18.2 Å². The second-order valence-corrected chi connectivity index (χ2v) is 6.35. The predicted molar refractivity (Wildman–Crippen MR) is 86.4 cm³/mol. The highest BCUT2D eigenvalue weighted by molar-refractivity contribution is 7.12. The van der Waals surface area contributed by atoms with Crippen LogP contribution in [-0.4, -0.2) is 22.0 Å². The van der Waals surface area contributed by atoms with Crippen LogP contribution in [0.15, 0.2) is 18.2 Å². The van der Waals surface area contributed by atoms with Gasteiger partial charge in [-0.25, -0.2) is 4.98 Å². The maximum Gasteiger partial charge on any atom is 0.308 e. The van der Waals surface area contributed by atoms with E-state index < -0.39 is 5.97 Å². The number of carboxylic acid groups (broad SMARTS) is 1. The van der Waals surface area contributed by atoms with Gasteiger partial charge < -0.3 is 10.4 Å². The van der Waals surface area contributed by atoms with Crippen molar-refractivity contribution in [1.82, 2.24) is 4.98 Å². The van der Waals surface area contributed by atoms with E-state index in [9.17, 15) is 9.59 Å². The Morgan fingerprint density at radius 3 is 2.41 bits per heavy atom. The van der Waals surface area contributed by atoms with Gasteiger partial charge in [0.25, 0.3) is 0 Å². The zero-order chi connectivity index (χ0) is 16.3. The minimum atomic E-state index is -0.890. The first kappa shape index (κ1) is 16.2. The first-order chi connectivity index (χ1) is 10.4. The maximum absolute atomic E-state index is 12.2. The molecule has 0 radical (unpaired) electrons. The Morgan fingerprint density at radius 1 is 1.18 bits per heavy atom. The van der Waals surface area contributed by atoms with E-state index >= 15 is 0 Å². The van der Waals surface area contributed by atoms with Gasteiger partial charge in [0.2, 0.25) is 5.91 Å². The lowest BCUT2D eigenvalue weighted by atomic mass is 10.1. The molecule has 5 nitrogen and oxygen atoms in total. The van der Waals surface area contributed by atoms with Crippen LogP contribution in [-0.2, 0) is 22.4 Å². The van der Waals surface area contributed by atoms with Gasteiger partial charge in [0, 0.05) is 10.6 Å². The molecule has 0 aliphatic rings. The first-order valence-electron chi connectivity index (χ1n) is 6.90. The third kappa shape index (κ3) is 3.92. The number of aliphatic carboxylic acids is 1. The Hall–Kier alpha value is -2.21. The summed E-state index contributed by atoms with van der Waals surface area (Å²) in [6.45, 7) is 5.66. The number of hydrogen-bond donors (Lipinski definition) is 2. The molecule has 0 saturated heterocycles. The van der Waals surface area contributed by atoms with Gasteiger partial charge in [-0.15, -0.1) is 11.3 Å². The molecular weight excluding hydrogens is 300 g/mol. The number of thiazole rings is 1. The minimum Gasteiger partial charge on any atom is -0.481 e. The standard InChI is InChI=1S/C16H18N2O3S/c1-9-5-4-6-10(2)16(9)18-13(19)8-14-17-11(3)12(22-14)7-15(20)21/h4-6H,7-8H2,1-3H3,(H,18,19)(H,20,21). The molecule has 1 heterocycles. The topological polar surface area (TPSA) is 79.3 Å². The van der Waals surface area contributed by atoms with Crippen LogP contribution < -0.4 is 5.32 Å². The van der Waals surface area contributed by atoms with Crippen LogP contribution in [0.2, 0.25) is 0 Å². The largest absolute Gasteiger partial charge is 0.481 e. The van der Waals surface area contributed by atoms with Crippen LogP contribution in [0.3, 0.4) is 0 Å². The van der Waals surface area contributed by atoms with Crippen LogP contribution in [0.4, 0.5) is 5.69 Å². The van der Waals surface area contributed by atoms with Gasteiger partial charge >= 0.3 is 5.97 Å². The molecule has 0 spiro atoms. The lowest BCUT2D eigenvalue weighted by molar-refractivity contribution is -0.136. The molecule has 116 valence electrons. The van der Waals surface area contributed by atoms with E-state index in [1.807, 2.05) is 32.0 Å². The molecule has 1 amide bonds. The number of carbonyl (C=O) groups is 2. The number of hydrogen-bond acceptors (Lipinski definition) is 4. The number of para-hydroxylation sites is 1. The summed E-state index contributed by atoms with van der Waals surface area (Å²) in [4.78, 5) is 27.9. The van der Waals surface area contributed by atoms with Crippen molar-refractivity contribution >= 4 is 28.9 Å². The fraction of sp³-hybridized carbons (Fsp3) is 0.312. The highest BCUT2D eigenvalue weighted by Crippen LogP contribution is 2.22. The number of anilines is 1. The predicted octanol–water partition coefficient (Wildman–Crippen LogP) is 2.88. The summed E-state index contributed by atoms with van der Waals surface area (Å²) in [5.74, 6) is -1.04. The van der Waals surface area contributed by atoms with Crippen molar-refractivity contribution in [2.75, 3.05) is 5.32 Å². The summed E-state index contributed by atoms with van der Waals surface area (Å²) < 4.78 is 0. The lowest BCUT2D eigenvalue weighted by Gasteiger charge is -2.10. The molecule has 2 rings (SSSR count). The summed E-state index contributed by atoms with van der Waals surface area (Å²) in [6, 6.07) is 5.84. The van der Waals surface area contributed by atoms with Crippen molar-refractivity contribution in [2.45, 2.75) is 33.6 Å². The molecule has 1 aromatic heterocycles. The van der Waals surface area contributed by atoms with E-state index in [4.69, 9.17) is 5.11 Å². The van der Waals surface area contributed by atoms with E-state index in [0.29, 0.717) is 15.6 Å². The zero-order valence-corrected chi connectivity index (χ0v) is 13.6. The molecule has 0 unspecified atom stereocenters. The molecule has 0 saturated carbocycles. The number of rotatable bonds is 5. The second kappa shape index (κ2) is 6.70. The molecule has 1 aromatic carbocycles. The molecule has 0 atom stereocenters. The van der Waals surface area contributed by atoms with Gasteiger partial charge in [0.1, 0.15) is 5.01 Å². The monoisotopic (exact) mass is 318 g/mol. The van der Waals surface area contributed by atoms with Crippen LogP contribution in [0.1, 0.15) is 26.7 Å². The van der Waals surface area contributed by atoms with Crippen LogP contribution in [0.25, 0.3) is 0 Å². The van der Waals surface area contributed by atoms with Gasteiger partial charge in [-0.2, -0.15) is 0 Å².